The predicted octanol–water partition coefficient (Wildman–Crippen LogP) is 2.71. The highest BCUT2D eigenvalue weighted by Crippen LogP contribution is 2.19. The lowest BCUT2D eigenvalue weighted by molar-refractivity contribution is 0.598. The zero-order valence-electron chi connectivity index (χ0n) is 17.2. The Labute approximate surface area is 185 Å². The predicted molar refractivity (Wildman–Crippen MR) is 121 cm³/mol. The van der Waals surface area contributed by atoms with Gasteiger partial charge in [0.25, 0.3) is 10.0 Å². The van der Waals surface area contributed by atoms with Crippen LogP contribution in [0.15, 0.2) is 59.5 Å². The van der Waals surface area contributed by atoms with Gasteiger partial charge >= 0.3 is 0 Å². The minimum Gasteiger partial charge on any atom is -0.341 e. The molecule has 0 unspecified atom stereocenters. The Balaban J connectivity index is 1.47. The molecule has 0 aliphatic heterocycles. The zero-order valence-corrected chi connectivity index (χ0v) is 18.8. The highest BCUT2D eigenvalue weighted by Gasteiger charge is 2.18. The molecular formula is C20H20N6O4S2. The molecule has 2 aromatic heterocycles. The number of sulfonamides is 2. The van der Waals surface area contributed by atoms with Crippen LogP contribution in [0.3, 0.4) is 0 Å². The van der Waals surface area contributed by atoms with Gasteiger partial charge in [-0.05, 0) is 56.3 Å². The van der Waals surface area contributed by atoms with Crippen molar-refractivity contribution >= 4 is 42.7 Å². The molecule has 32 heavy (non-hydrogen) atoms. The number of para-hydroxylation sites is 2. The lowest BCUT2D eigenvalue weighted by Crippen LogP contribution is -2.17. The third-order valence-corrected chi connectivity index (χ3v) is 6.96. The van der Waals surface area contributed by atoms with Crippen LogP contribution < -0.4 is 9.44 Å². The third kappa shape index (κ3) is 5.03. The number of H-pyrrole nitrogens is 1. The van der Waals surface area contributed by atoms with Crippen molar-refractivity contribution in [3.8, 4) is 0 Å². The molecule has 0 aliphatic rings. The summed E-state index contributed by atoms with van der Waals surface area (Å²) in [5.41, 5.74) is 2.90. The zero-order chi connectivity index (χ0) is 22.9. The van der Waals surface area contributed by atoms with E-state index in [4.69, 9.17) is 0 Å². The summed E-state index contributed by atoms with van der Waals surface area (Å²) in [6.45, 7) is 3.47. The van der Waals surface area contributed by atoms with Gasteiger partial charge in [0.2, 0.25) is 16.0 Å². The summed E-state index contributed by atoms with van der Waals surface area (Å²) in [7, 11) is -7.71. The van der Waals surface area contributed by atoms with E-state index < -0.39 is 20.0 Å². The Bertz CT molecular complexity index is 1440. The van der Waals surface area contributed by atoms with Gasteiger partial charge in [0, 0.05) is 17.1 Å². The highest BCUT2D eigenvalue weighted by molar-refractivity contribution is 7.92. The molecule has 0 radical (unpaired) electrons. The fourth-order valence-electron chi connectivity index (χ4n) is 3.12. The number of aromatic nitrogens is 4. The minimum absolute atomic E-state index is 0.0295. The Hall–Kier alpha value is -3.51. The maximum absolute atomic E-state index is 12.6. The number of aromatic amines is 1. The SMILES string of the molecule is Cc1cc(C)nc(NS(=O)(=O)c2ccc(NS(=O)(=O)Cc3nc4ccccc4[nH]3)cc2)n1. The third-order valence-electron chi connectivity index (χ3n) is 4.41. The van der Waals surface area contributed by atoms with E-state index in [1.54, 1.807) is 26.0 Å². The van der Waals surface area contributed by atoms with Crippen molar-refractivity contribution in [3.05, 3.63) is 71.8 Å². The maximum atomic E-state index is 12.6. The first-order chi connectivity index (χ1) is 15.1. The fourth-order valence-corrected chi connectivity index (χ4v) is 5.13. The summed E-state index contributed by atoms with van der Waals surface area (Å²) >= 11 is 0. The number of nitrogens with zero attached hydrogens (tertiary/aromatic N) is 3. The molecule has 2 aromatic carbocycles. The van der Waals surface area contributed by atoms with E-state index in [1.807, 2.05) is 18.2 Å². The molecule has 0 aliphatic carbocycles. The van der Waals surface area contributed by atoms with Crippen LogP contribution in [0.1, 0.15) is 17.2 Å². The van der Waals surface area contributed by atoms with Crippen LogP contribution in [0.25, 0.3) is 11.0 Å². The van der Waals surface area contributed by atoms with E-state index in [0.29, 0.717) is 22.7 Å². The standard InChI is InChI=1S/C20H20N6O4S2/c1-13-11-14(2)22-20(21-13)26-32(29,30)16-9-7-15(8-10-16)25-31(27,28)12-19-23-17-5-3-4-6-18(17)24-19/h3-11,25H,12H2,1-2H3,(H,23,24)(H,21,22,26). The van der Waals surface area contributed by atoms with Crippen LogP contribution in [-0.4, -0.2) is 36.8 Å². The average Bonchev–Trinajstić information content (AvgIpc) is 3.08. The second-order valence-electron chi connectivity index (χ2n) is 7.17. The first-order valence-corrected chi connectivity index (χ1v) is 12.6. The van der Waals surface area contributed by atoms with Gasteiger partial charge in [-0.3, -0.25) is 4.72 Å². The normalized spacial score (nSPS) is 12.1. The lowest BCUT2D eigenvalue weighted by Gasteiger charge is -2.10. The summed E-state index contributed by atoms with van der Waals surface area (Å²) < 4.78 is 55.0. The average molecular weight is 473 g/mol. The summed E-state index contributed by atoms with van der Waals surface area (Å²) in [6.07, 6.45) is 0. The van der Waals surface area contributed by atoms with Gasteiger partial charge in [0.1, 0.15) is 11.6 Å². The number of imidazole rings is 1. The lowest BCUT2D eigenvalue weighted by atomic mass is 10.3. The van der Waals surface area contributed by atoms with Crippen molar-refractivity contribution in [2.24, 2.45) is 0 Å². The van der Waals surface area contributed by atoms with E-state index >= 15 is 0 Å². The molecule has 0 saturated heterocycles. The first kappa shape index (κ1) is 21.7. The van der Waals surface area contributed by atoms with Gasteiger partial charge in [0.15, 0.2) is 0 Å². The Morgan fingerprint density at radius 2 is 1.50 bits per heavy atom. The van der Waals surface area contributed by atoms with Crippen molar-refractivity contribution in [3.63, 3.8) is 0 Å². The van der Waals surface area contributed by atoms with Crippen LogP contribution >= 0.6 is 0 Å². The molecule has 0 bridgehead atoms. The molecule has 0 amide bonds. The summed E-state index contributed by atoms with van der Waals surface area (Å²) in [6, 6.07) is 14.3. The Morgan fingerprint density at radius 3 is 2.16 bits per heavy atom. The van der Waals surface area contributed by atoms with Crippen molar-refractivity contribution in [2.75, 3.05) is 9.44 Å². The fraction of sp³-hybridized carbons (Fsp3) is 0.150. The van der Waals surface area contributed by atoms with E-state index in [2.05, 4.69) is 29.4 Å². The van der Waals surface area contributed by atoms with Crippen LogP contribution in [0, 0.1) is 13.8 Å². The minimum atomic E-state index is -3.94. The molecule has 2 heterocycles. The van der Waals surface area contributed by atoms with Gasteiger partial charge in [0.05, 0.1) is 15.9 Å². The van der Waals surface area contributed by atoms with Gasteiger partial charge in [-0.15, -0.1) is 0 Å². The monoisotopic (exact) mass is 472 g/mol. The van der Waals surface area contributed by atoms with Crippen LogP contribution in [-0.2, 0) is 25.8 Å². The summed E-state index contributed by atoms with van der Waals surface area (Å²) in [5, 5.41) is 0. The van der Waals surface area contributed by atoms with E-state index in [9.17, 15) is 16.8 Å². The number of benzene rings is 2. The molecule has 0 atom stereocenters. The Morgan fingerprint density at radius 1 is 0.844 bits per heavy atom. The van der Waals surface area contributed by atoms with Crippen molar-refractivity contribution < 1.29 is 16.8 Å². The van der Waals surface area contributed by atoms with Crippen molar-refractivity contribution in [1.29, 1.82) is 0 Å². The number of anilines is 2. The summed E-state index contributed by atoms with van der Waals surface area (Å²) in [4.78, 5) is 15.3. The second kappa shape index (κ2) is 8.20. The molecule has 3 N–H and O–H groups in total. The molecule has 166 valence electrons. The van der Waals surface area contributed by atoms with Crippen LogP contribution in [0.5, 0.6) is 0 Å². The number of hydrogen-bond donors (Lipinski definition) is 3. The largest absolute Gasteiger partial charge is 0.341 e. The molecule has 4 aromatic rings. The number of rotatable bonds is 7. The Kier molecular flexibility index (Phi) is 5.57. The number of aryl methyl sites for hydroxylation is 2. The van der Waals surface area contributed by atoms with Crippen molar-refractivity contribution in [1.82, 2.24) is 19.9 Å². The van der Waals surface area contributed by atoms with E-state index in [1.165, 1.54) is 24.3 Å². The molecule has 4 rings (SSSR count). The molecule has 0 saturated carbocycles. The molecule has 0 spiro atoms. The molecule has 0 fully saturated rings. The smallest absolute Gasteiger partial charge is 0.264 e. The number of hydrogen-bond acceptors (Lipinski definition) is 7. The highest BCUT2D eigenvalue weighted by atomic mass is 32.2. The van der Waals surface area contributed by atoms with E-state index in [0.717, 1.165) is 5.52 Å². The first-order valence-electron chi connectivity index (χ1n) is 9.49. The maximum Gasteiger partial charge on any atom is 0.264 e. The molecular weight excluding hydrogens is 452 g/mol. The number of nitrogens with one attached hydrogen (secondary N) is 3. The van der Waals surface area contributed by atoms with E-state index in [-0.39, 0.29) is 22.3 Å². The quantitative estimate of drug-likeness (QED) is 0.375. The van der Waals surface area contributed by atoms with Crippen LogP contribution in [0.2, 0.25) is 0 Å². The second-order valence-corrected chi connectivity index (χ2v) is 10.6. The molecule has 10 nitrogen and oxygen atoms in total. The summed E-state index contributed by atoms with van der Waals surface area (Å²) in [5.74, 6) is -0.0819. The van der Waals surface area contributed by atoms with Crippen LogP contribution in [0.4, 0.5) is 11.6 Å². The van der Waals surface area contributed by atoms with Gasteiger partial charge in [-0.2, -0.15) is 0 Å². The topological polar surface area (TPSA) is 147 Å². The van der Waals surface area contributed by atoms with Gasteiger partial charge < -0.3 is 4.98 Å². The van der Waals surface area contributed by atoms with Gasteiger partial charge in [-0.25, -0.2) is 36.5 Å². The molecule has 12 heteroatoms. The van der Waals surface area contributed by atoms with Crippen molar-refractivity contribution in [2.45, 2.75) is 24.5 Å². The van der Waals surface area contributed by atoms with Gasteiger partial charge in [-0.1, -0.05) is 12.1 Å². The number of fused-ring (bicyclic) bond motifs is 1.